The fraction of sp³-hybridized carbons (Fsp3) is 0.778. The van der Waals surface area contributed by atoms with E-state index in [0.29, 0.717) is 12.8 Å². The van der Waals surface area contributed by atoms with Gasteiger partial charge in [-0.15, -0.1) is 0 Å². The maximum atomic E-state index is 11.0. The third kappa shape index (κ3) is 2.52. The van der Waals surface area contributed by atoms with Crippen molar-refractivity contribution in [2.75, 3.05) is 13.7 Å². The van der Waals surface area contributed by atoms with E-state index in [1.807, 2.05) is 0 Å². The van der Waals surface area contributed by atoms with Gasteiger partial charge in [0.1, 0.15) is 5.78 Å². The molecule has 0 heterocycles. The molecule has 0 bridgehead atoms. The maximum absolute atomic E-state index is 11.0. The highest BCUT2D eigenvalue weighted by Crippen LogP contribution is 2.31. The van der Waals surface area contributed by atoms with Crippen molar-refractivity contribution < 1.29 is 19.4 Å². The summed E-state index contributed by atoms with van der Waals surface area (Å²) < 4.78 is 4.51. The average molecular weight is 186 g/mol. The predicted molar refractivity (Wildman–Crippen MR) is 44.9 cm³/mol. The SMILES string of the molecule is COC(=O)C[C@H]1CC(=O)C[C@H]1CO. The van der Waals surface area contributed by atoms with Crippen molar-refractivity contribution in [1.29, 1.82) is 0 Å². The number of carbonyl (C=O) groups excluding carboxylic acids is 2. The lowest BCUT2D eigenvalue weighted by molar-refractivity contribution is -0.142. The first-order valence-corrected chi connectivity index (χ1v) is 4.36. The predicted octanol–water partition coefficient (Wildman–Crippen LogP) is 0.137. The highest BCUT2D eigenvalue weighted by molar-refractivity contribution is 5.82. The van der Waals surface area contributed by atoms with Crippen molar-refractivity contribution in [3.8, 4) is 0 Å². The first-order valence-electron chi connectivity index (χ1n) is 4.36. The molecule has 74 valence electrons. The fourth-order valence-corrected chi connectivity index (χ4v) is 1.75. The summed E-state index contributed by atoms with van der Waals surface area (Å²) in [5, 5.41) is 8.94. The molecule has 1 rings (SSSR count). The third-order valence-corrected chi connectivity index (χ3v) is 2.54. The first kappa shape index (κ1) is 10.2. The molecule has 1 saturated carbocycles. The summed E-state index contributed by atoms with van der Waals surface area (Å²) in [4.78, 5) is 22.0. The first-order chi connectivity index (χ1) is 6.17. The molecule has 1 aliphatic carbocycles. The smallest absolute Gasteiger partial charge is 0.305 e. The summed E-state index contributed by atoms with van der Waals surface area (Å²) >= 11 is 0. The van der Waals surface area contributed by atoms with Crippen LogP contribution in [0.5, 0.6) is 0 Å². The van der Waals surface area contributed by atoms with E-state index in [1.54, 1.807) is 0 Å². The number of hydrogen-bond donors (Lipinski definition) is 1. The van der Waals surface area contributed by atoms with Gasteiger partial charge in [0, 0.05) is 25.9 Å². The Balaban J connectivity index is 2.48. The van der Waals surface area contributed by atoms with Crippen molar-refractivity contribution in [2.24, 2.45) is 11.8 Å². The summed E-state index contributed by atoms with van der Waals surface area (Å²) in [5.41, 5.74) is 0. The van der Waals surface area contributed by atoms with Crippen LogP contribution in [0, 0.1) is 11.8 Å². The van der Waals surface area contributed by atoms with Gasteiger partial charge in [-0.1, -0.05) is 0 Å². The van der Waals surface area contributed by atoms with Crippen molar-refractivity contribution in [2.45, 2.75) is 19.3 Å². The number of carbonyl (C=O) groups is 2. The lowest BCUT2D eigenvalue weighted by atomic mass is 9.94. The Labute approximate surface area is 76.9 Å². The Kier molecular flexibility index (Phi) is 3.42. The standard InChI is InChI=1S/C9H14O4/c1-13-9(12)4-6-2-8(11)3-7(6)5-10/h6-7,10H,2-5H2,1H3/t6-,7+/m1/s1. The monoisotopic (exact) mass is 186 g/mol. The molecule has 4 heteroatoms. The molecule has 0 saturated heterocycles. The molecule has 1 aliphatic rings. The van der Waals surface area contributed by atoms with E-state index in [0.717, 1.165) is 0 Å². The molecule has 4 nitrogen and oxygen atoms in total. The van der Waals surface area contributed by atoms with Crippen LogP contribution >= 0.6 is 0 Å². The number of aliphatic hydroxyl groups is 1. The largest absolute Gasteiger partial charge is 0.469 e. The average Bonchev–Trinajstić information content (AvgIpc) is 2.46. The second kappa shape index (κ2) is 4.37. The number of esters is 1. The summed E-state index contributed by atoms with van der Waals surface area (Å²) in [6.45, 7) is -0.0204. The van der Waals surface area contributed by atoms with Gasteiger partial charge < -0.3 is 9.84 Å². The number of rotatable bonds is 3. The van der Waals surface area contributed by atoms with Crippen LogP contribution in [0.3, 0.4) is 0 Å². The topological polar surface area (TPSA) is 63.6 Å². The number of ether oxygens (including phenoxy) is 1. The Morgan fingerprint density at radius 3 is 2.69 bits per heavy atom. The van der Waals surface area contributed by atoms with Crippen molar-refractivity contribution >= 4 is 11.8 Å². The molecule has 13 heavy (non-hydrogen) atoms. The van der Waals surface area contributed by atoms with Gasteiger partial charge in [-0.3, -0.25) is 9.59 Å². The molecule has 0 spiro atoms. The molecule has 0 aromatic carbocycles. The van der Waals surface area contributed by atoms with E-state index in [2.05, 4.69) is 4.74 Å². The van der Waals surface area contributed by atoms with E-state index in [4.69, 9.17) is 5.11 Å². The summed E-state index contributed by atoms with van der Waals surface area (Å²) in [6, 6.07) is 0. The minimum absolute atomic E-state index is 0.0204. The molecule has 0 amide bonds. The van der Waals surface area contributed by atoms with Crippen molar-refractivity contribution in [1.82, 2.24) is 0 Å². The molecule has 0 radical (unpaired) electrons. The van der Waals surface area contributed by atoms with E-state index < -0.39 is 0 Å². The fourth-order valence-electron chi connectivity index (χ4n) is 1.75. The van der Waals surface area contributed by atoms with E-state index in [-0.39, 0.29) is 36.6 Å². The van der Waals surface area contributed by atoms with Gasteiger partial charge in [0.2, 0.25) is 0 Å². The van der Waals surface area contributed by atoms with E-state index in [9.17, 15) is 9.59 Å². The number of aliphatic hydroxyl groups excluding tert-OH is 1. The molecular formula is C9H14O4. The maximum Gasteiger partial charge on any atom is 0.305 e. The molecule has 0 aromatic rings. The van der Waals surface area contributed by atoms with E-state index >= 15 is 0 Å². The van der Waals surface area contributed by atoms with Crippen LogP contribution in [0.25, 0.3) is 0 Å². The zero-order valence-corrected chi connectivity index (χ0v) is 7.66. The van der Waals surface area contributed by atoms with Gasteiger partial charge in [0.25, 0.3) is 0 Å². The summed E-state index contributed by atoms with van der Waals surface area (Å²) in [6.07, 6.45) is 1.05. The highest BCUT2D eigenvalue weighted by atomic mass is 16.5. The Bertz CT molecular complexity index is 212. The summed E-state index contributed by atoms with van der Waals surface area (Å²) in [7, 11) is 1.33. The number of methoxy groups -OCH3 is 1. The molecule has 2 atom stereocenters. The van der Waals surface area contributed by atoms with Gasteiger partial charge in [-0.25, -0.2) is 0 Å². The molecule has 0 aromatic heterocycles. The lowest BCUT2D eigenvalue weighted by Crippen LogP contribution is -2.16. The van der Waals surface area contributed by atoms with Crippen LogP contribution in [-0.4, -0.2) is 30.6 Å². The molecule has 1 fully saturated rings. The zero-order chi connectivity index (χ0) is 9.84. The van der Waals surface area contributed by atoms with Crippen LogP contribution < -0.4 is 0 Å². The van der Waals surface area contributed by atoms with Gasteiger partial charge in [0.15, 0.2) is 0 Å². The normalized spacial score (nSPS) is 27.7. The van der Waals surface area contributed by atoms with Crippen molar-refractivity contribution in [3.05, 3.63) is 0 Å². The Hall–Kier alpha value is -0.900. The Morgan fingerprint density at radius 1 is 1.54 bits per heavy atom. The molecule has 1 N–H and O–H groups in total. The number of ketones is 1. The molecule has 0 aliphatic heterocycles. The minimum atomic E-state index is -0.307. The number of Topliss-reactive ketones (excluding diaryl/α,β-unsaturated/α-hetero) is 1. The second-order valence-electron chi connectivity index (χ2n) is 3.43. The van der Waals surface area contributed by atoms with Gasteiger partial charge in [0.05, 0.1) is 7.11 Å². The van der Waals surface area contributed by atoms with Gasteiger partial charge >= 0.3 is 5.97 Å². The van der Waals surface area contributed by atoms with Crippen LogP contribution in [-0.2, 0) is 14.3 Å². The van der Waals surface area contributed by atoms with Crippen LogP contribution in [0.4, 0.5) is 0 Å². The minimum Gasteiger partial charge on any atom is -0.469 e. The summed E-state index contributed by atoms with van der Waals surface area (Å²) in [5.74, 6) is -0.248. The Morgan fingerprint density at radius 2 is 2.15 bits per heavy atom. The van der Waals surface area contributed by atoms with Crippen LogP contribution in [0.1, 0.15) is 19.3 Å². The van der Waals surface area contributed by atoms with Crippen LogP contribution in [0.15, 0.2) is 0 Å². The second-order valence-corrected chi connectivity index (χ2v) is 3.43. The highest BCUT2D eigenvalue weighted by Gasteiger charge is 2.33. The molecule has 0 unspecified atom stereocenters. The zero-order valence-electron chi connectivity index (χ0n) is 7.66. The quantitative estimate of drug-likeness (QED) is 0.637. The van der Waals surface area contributed by atoms with Crippen molar-refractivity contribution in [3.63, 3.8) is 0 Å². The third-order valence-electron chi connectivity index (χ3n) is 2.54. The lowest BCUT2D eigenvalue weighted by Gasteiger charge is -2.14. The van der Waals surface area contributed by atoms with Crippen LogP contribution in [0.2, 0.25) is 0 Å². The molecular weight excluding hydrogens is 172 g/mol. The number of hydrogen-bond acceptors (Lipinski definition) is 4. The van der Waals surface area contributed by atoms with Gasteiger partial charge in [-0.05, 0) is 11.8 Å². The van der Waals surface area contributed by atoms with Gasteiger partial charge in [-0.2, -0.15) is 0 Å². The van der Waals surface area contributed by atoms with E-state index in [1.165, 1.54) is 7.11 Å².